The van der Waals surface area contributed by atoms with E-state index in [1.165, 1.54) is 0 Å². The summed E-state index contributed by atoms with van der Waals surface area (Å²) in [5, 5.41) is 9.98. The van der Waals surface area contributed by atoms with Gasteiger partial charge in [0.05, 0.1) is 18.8 Å². The maximum atomic E-state index is 11.3. The molecule has 6 heteroatoms. The predicted molar refractivity (Wildman–Crippen MR) is 74.8 cm³/mol. The number of carboxylic acid groups (broad SMARTS) is 1. The first-order chi connectivity index (χ1) is 10.2. The van der Waals surface area contributed by atoms with Gasteiger partial charge in [0.15, 0.2) is 0 Å². The number of nitrogens with zero attached hydrogens (tertiary/aromatic N) is 2. The Morgan fingerprint density at radius 3 is 2.90 bits per heavy atom. The summed E-state index contributed by atoms with van der Waals surface area (Å²) >= 11 is 0. The molecule has 3 heterocycles. The van der Waals surface area contributed by atoms with Crippen LogP contribution in [0, 0.1) is 0 Å². The molecule has 1 saturated heterocycles. The Bertz CT molecular complexity index is 699. The van der Waals surface area contributed by atoms with Crippen molar-refractivity contribution >= 4 is 17.0 Å². The van der Waals surface area contributed by atoms with Gasteiger partial charge in [-0.05, 0) is 18.9 Å². The summed E-state index contributed by atoms with van der Waals surface area (Å²) in [4.78, 5) is 15.9. The van der Waals surface area contributed by atoms with Crippen LogP contribution in [-0.2, 0) is 4.74 Å². The number of ether oxygens (including phenoxy) is 2. The Balaban J connectivity index is 1.74. The largest absolute Gasteiger partial charge is 0.478 e. The first-order valence-corrected chi connectivity index (χ1v) is 7.21. The zero-order chi connectivity index (χ0) is 14.4. The molecular formula is C15H16N2O4. The molecular weight excluding hydrogens is 272 g/mol. The minimum Gasteiger partial charge on any atom is -0.478 e. The second kappa shape index (κ2) is 4.73. The summed E-state index contributed by atoms with van der Waals surface area (Å²) in [6, 6.07) is 3.90. The molecule has 0 radical (unpaired) electrons. The SMILES string of the molecule is O=C(O)c1cn(C2CC2)c2nc(O[C@@H]3CCOC3)ccc12. The lowest BCUT2D eigenvalue weighted by Crippen LogP contribution is -2.16. The van der Waals surface area contributed by atoms with Gasteiger partial charge < -0.3 is 19.1 Å². The summed E-state index contributed by atoms with van der Waals surface area (Å²) in [6.07, 6.45) is 4.75. The van der Waals surface area contributed by atoms with Crippen LogP contribution in [0.5, 0.6) is 5.88 Å². The molecule has 110 valence electrons. The number of hydrogen-bond donors (Lipinski definition) is 1. The number of hydrogen-bond acceptors (Lipinski definition) is 4. The van der Waals surface area contributed by atoms with Gasteiger partial charge in [-0.3, -0.25) is 0 Å². The van der Waals surface area contributed by atoms with Crippen molar-refractivity contribution in [2.45, 2.75) is 31.4 Å². The second-order valence-corrected chi connectivity index (χ2v) is 5.61. The summed E-state index contributed by atoms with van der Waals surface area (Å²) < 4.78 is 13.1. The molecule has 2 aromatic heterocycles. The van der Waals surface area contributed by atoms with Crippen LogP contribution < -0.4 is 4.74 Å². The van der Waals surface area contributed by atoms with Crippen molar-refractivity contribution in [3.05, 3.63) is 23.9 Å². The monoisotopic (exact) mass is 288 g/mol. The zero-order valence-electron chi connectivity index (χ0n) is 11.5. The van der Waals surface area contributed by atoms with E-state index in [0.717, 1.165) is 19.3 Å². The number of aromatic nitrogens is 2. The van der Waals surface area contributed by atoms with E-state index in [0.29, 0.717) is 41.7 Å². The Morgan fingerprint density at radius 2 is 2.24 bits per heavy atom. The lowest BCUT2D eigenvalue weighted by atomic mass is 10.2. The molecule has 21 heavy (non-hydrogen) atoms. The first-order valence-electron chi connectivity index (χ1n) is 7.21. The quantitative estimate of drug-likeness (QED) is 0.934. The first kappa shape index (κ1) is 12.6. The number of aromatic carboxylic acids is 1. The van der Waals surface area contributed by atoms with Gasteiger partial charge >= 0.3 is 5.97 Å². The van der Waals surface area contributed by atoms with E-state index < -0.39 is 5.97 Å². The normalized spacial score (nSPS) is 21.8. The van der Waals surface area contributed by atoms with E-state index in [-0.39, 0.29) is 6.10 Å². The summed E-state index contributed by atoms with van der Waals surface area (Å²) in [5.74, 6) is -0.381. The highest BCUT2D eigenvalue weighted by Gasteiger charge is 2.28. The minimum absolute atomic E-state index is 0.0400. The molecule has 1 saturated carbocycles. The van der Waals surface area contributed by atoms with Crippen LogP contribution in [0.25, 0.3) is 11.0 Å². The Morgan fingerprint density at radius 1 is 1.38 bits per heavy atom. The second-order valence-electron chi connectivity index (χ2n) is 5.61. The molecule has 4 rings (SSSR count). The Labute approximate surface area is 121 Å². The van der Waals surface area contributed by atoms with Gasteiger partial charge in [0, 0.05) is 30.1 Å². The summed E-state index contributed by atoms with van der Waals surface area (Å²) in [6.45, 7) is 1.30. The molecule has 0 amide bonds. The van der Waals surface area contributed by atoms with Crippen LogP contribution in [0.3, 0.4) is 0 Å². The molecule has 2 aromatic rings. The van der Waals surface area contributed by atoms with Gasteiger partial charge in [0.2, 0.25) is 5.88 Å². The van der Waals surface area contributed by atoms with Crippen LogP contribution in [-0.4, -0.2) is 39.9 Å². The number of rotatable bonds is 4. The highest BCUT2D eigenvalue weighted by atomic mass is 16.5. The molecule has 2 fully saturated rings. The van der Waals surface area contributed by atoms with Crippen molar-refractivity contribution in [2.75, 3.05) is 13.2 Å². The topological polar surface area (TPSA) is 73.6 Å². The van der Waals surface area contributed by atoms with Crippen molar-refractivity contribution in [3.63, 3.8) is 0 Å². The molecule has 2 aliphatic rings. The van der Waals surface area contributed by atoms with Crippen LogP contribution in [0.1, 0.15) is 35.7 Å². The average molecular weight is 288 g/mol. The lowest BCUT2D eigenvalue weighted by molar-refractivity contribution is 0.0698. The van der Waals surface area contributed by atoms with Crippen molar-refractivity contribution < 1.29 is 19.4 Å². The van der Waals surface area contributed by atoms with E-state index in [9.17, 15) is 9.90 Å². The minimum atomic E-state index is -0.918. The molecule has 1 aliphatic carbocycles. The van der Waals surface area contributed by atoms with Crippen LogP contribution in [0.4, 0.5) is 0 Å². The van der Waals surface area contributed by atoms with Gasteiger partial charge in [-0.1, -0.05) is 0 Å². The standard InChI is InChI=1S/C15H16N2O4/c18-15(19)12-7-17(9-1-2-9)14-11(12)3-4-13(16-14)21-10-5-6-20-8-10/h3-4,7,9-10H,1-2,5-6,8H2,(H,18,19)/t10-/m1/s1. The van der Waals surface area contributed by atoms with E-state index in [4.69, 9.17) is 9.47 Å². The van der Waals surface area contributed by atoms with E-state index in [1.807, 2.05) is 4.57 Å². The molecule has 1 aliphatic heterocycles. The third-order valence-corrected chi connectivity index (χ3v) is 4.00. The summed E-state index contributed by atoms with van der Waals surface area (Å²) in [7, 11) is 0. The fraction of sp³-hybridized carbons (Fsp3) is 0.467. The molecule has 1 N–H and O–H groups in total. The number of fused-ring (bicyclic) bond motifs is 1. The van der Waals surface area contributed by atoms with Gasteiger partial charge in [-0.25, -0.2) is 4.79 Å². The molecule has 1 atom stereocenters. The van der Waals surface area contributed by atoms with Crippen molar-refractivity contribution in [1.82, 2.24) is 9.55 Å². The van der Waals surface area contributed by atoms with Crippen LogP contribution >= 0.6 is 0 Å². The highest BCUT2D eigenvalue weighted by Crippen LogP contribution is 2.39. The Kier molecular flexibility index (Phi) is 2.85. The van der Waals surface area contributed by atoms with Gasteiger partial charge in [0.1, 0.15) is 11.8 Å². The molecule has 0 bridgehead atoms. The number of carbonyl (C=O) groups is 1. The van der Waals surface area contributed by atoms with Gasteiger partial charge in [-0.2, -0.15) is 4.98 Å². The molecule has 6 nitrogen and oxygen atoms in total. The van der Waals surface area contributed by atoms with Crippen molar-refractivity contribution in [2.24, 2.45) is 0 Å². The lowest BCUT2D eigenvalue weighted by Gasteiger charge is -2.11. The fourth-order valence-corrected chi connectivity index (χ4v) is 2.75. The summed E-state index contributed by atoms with van der Waals surface area (Å²) in [5.41, 5.74) is 1.01. The third-order valence-electron chi connectivity index (χ3n) is 4.00. The van der Waals surface area contributed by atoms with Gasteiger partial charge in [-0.15, -0.1) is 0 Å². The van der Waals surface area contributed by atoms with Gasteiger partial charge in [0.25, 0.3) is 0 Å². The van der Waals surface area contributed by atoms with Crippen LogP contribution in [0.15, 0.2) is 18.3 Å². The van der Waals surface area contributed by atoms with Crippen molar-refractivity contribution in [3.8, 4) is 5.88 Å². The van der Waals surface area contributed by atoms with Crippen LogP contribution in [0.2, 0.25) is 0 Å². The highest BCUT2D eigenvalue weighted by molar-refractivity contribution is 6.02. The Hall–Kier alpha value is -2.08. The molecule has 0 unspecified atom stereocenters. The predicted octanol–water partition coefficient (Wildman–Crippen LogP) is 2.24. The smallest absolute Gasteiger partial charge is 0.337 e. The maximum Gasteiger partial charge on any atom is 0.337 e. The third kappa shape index (κ3) is 2.25. The molecule has 0 spiro atoms. The van der Waals surface area contributed by atoms with E-state index in [2.05, 4.69) is 4.98 Å². The molecule has 0 aromatic carbocycles. The average Bonchev–Trinajstić information content (AvgIpc) is 3.05. The number of pyridine rings is 1. The van der Waals surface area contributed by atoms with E-state index >= 15 is 0 Å². The number of carboxylic acids is 1. The van der Waals surface area contributed by atoms with Crippen molar-refractivity contribution in [1.29, 1.82) is 0 Å². The fourth-order valence-electron chi connectivity index (χ4n) is 2.75. The van der Waals surface area contributed by atoms with E-state index in [1.54, 1.807) is 18.3 Å². The zero-order valence-corrected chi connectivity index (χ0v) is 11.5. The maximum absolute atomic E-state index is 11.3.